The van der Waals surface area contributed by atoms with Gasteiger partial charge in [-0.3, -0.25) is 38.8 Å². The van der Waals surface area contributed by atoms with Crippen molar-refractivity contribution in [2.24, 2.45) is 0 Å². The number of likely N-dealkylation sites (tertiary alicyclic amines) is 4. The molecule has 4 amide bonds. The molecule has 0 unspecified atom stereocenters. The van der Waals surface area contributed by atoms with Crippen LogP contribution in [0.1, 0.15) is 48.6 Å². The summed E-state index contributed by atoms with van der Waals surface area (Å²) in [7, 11) is 0. The summed E-state index contributed by atoms with van der Waals surface area (Å²) in [4.78, 5) is 90.0. The lowest BCUT2D eigenvalue weighted by molar-refractivity contribution is -0.134. The predicted octanol–water partition coefficient (Wildman–Crippen LogP) is 8.85. The largest absolute Gasteiger partial charge is 0.506 e. The van der Waals surface area contributed by atoms with Gasteiger partial charge in [0.1, 0.15) is 71.3 Å². The topological polar surface area (TPSA) is 285 Å². The summed E-state index contributed by atoms with van der Waals surface area (Å²) in [5.41, 5.74) is 4.47. The normalized spacial score (nSPS) is 19.3. The van der Waals surface area contributed by atoms with Gasteiger partial charge < -0.3 is 68.8 Å². The predicted molar refractivity (Wildman–Crippen MR) is 448 cm³/mol. The molecule has 36 heteroatoms. The number of anilines is 4. The Kier molecular flexibility index (Phi) is 24.8. The monoisotopic (exact) mass is 1700 g/mol. The van der Waals surface area contributed by atoms with Crippen molar-refractivity contribution >= 4 is 117 Å². The Hall–Kier alpha value is -9.60. The zero-order chi connectivity index (χ0) is 81.3. The number of carbonyl (C=O) groups excluding carboxylic acids is 4. The van der Waals surface area contributed by atoms with E-state index in [0.717, 1.165) is 211 Å². The summed E-state index contributed by atoms with van der Waals surface area (Å²) in [6, 6.07) is 14.9. The fourth-order valence-corrected chi connectivity index (χ4v) is 17.1. The van der Waals surface area contributed by atoms with Gasteiger partial charge in [-0.05, 0) is 97.2 Å². The number of aromatic hydroxyl groups is 4. The summed E-state index contributed by atoms with van der Waals surface area (Å²) >= 11 is 36.6. The third-order valence-corrected chi connectivity index (χ3v) is 25.4. The van der Waals surface area contributed by atoms with Gasteiger partial charge >= 0.3 is 0 Å². The summed E-state index contributed by atoms with van der Waals surface area (Å²) in [6.07, 6.45) is 20.5. The Bertz CT molecular complexity index is 4670. The summed E-state index contributed by atoms with van der Waals surface area (Å²) in [6.45, 7) is 34.4. The van der Waals surface area contributed by atoms with Crippen molar-refractivity contribution in [2.75, 3.05) is 177 Å². The van der Waals surface area contributed by atoms with E-state index in [-0.39, 0.29) is 51.6 Å². The maximum Gasteiger partial charge on any atom is 0.246 e. The van der Waals surface area contributed by atoms with Crippen molar-refractivity contribution < 1.29 is 39.6 Å². The average Bonchev–Trinajstić information content (AvgIpc) is 1.54. The van der Waals surface area contributed by atoms with Crippen molar-refractivity contribution in [1.82, 2.24) is 87.8 Å². The van der Waals surface area contributed by atoms with Gasteiger partial charge in [0.15, 0.2) is 0 Å². The number of nitrogens with zero attached hydrogens (tertiary/aromatic N) is 22. The second-order valence-electron chi connectivity index (χ2n) is 30.5. The van der Waals surface area contributed by atoms with E-state index < -0.39 is 0 Å². The first kappa shape index (κ1) is 81.5. The maximum atomic E-state index is 11.6. The highest BCUT2D eigenvalue weighted by Gasteiger charge is 2.41. The van der Waals surface area contributed by atoms with Gasteiger partial charge in [0, 0.05) is 216 Å². The van der Waals surface area contributed by atoms with Crippen LogP contribution < -0.4 is 19.6 Å². The van der Waals surface area contributed by atoms with Crippen molar-refractivity contribution in [1.29, 1.82) is 0 Å². The second-order valence-corrected chi connectivity index (χ2v) is 33.0. The molecule has 0 radical (unpaired) electrons. The van der Waals surface area contributed by atoms with Crippen LogP contribution in [0.4, 0.5) is 23.5 Å². The van der Waals surface area contributed by atoms with Gasteiger partial charge in [-0.2, -0.15) is 9.97 Å². The minimum Gasteiger partial charge on any atom is -0.506 e. The molecule has 8 saturated heterocycles. The molecule has 4 N–H and O–H groups in total. The molecule has 8 aromatic rings. The molecule has 10 aliphatic rings. The highest BCUT2D eigenvalue weighted by Crippen LogP contribution is 2.47. The van der Waals surface area contributed by atoms with Gasteiger partial charge in [0.05, 0.1) is 43.9 Å². The molecule has 116 heavy (non-hydrogen) atoms. The maximum absolute atomic E-state index is 11.6. The standard InChI is InChI=1S/C22H26ClN5O2.C21H25ClN6O2.C19H21Cl2N5O2.C18H20Cl2N6O2/c1-2-22(30)27-11-16(12-27)25-5-7-26(8-6-25)21-13-28(14-24-21)19-9-17(15-3-4-15)18(23)10-20(19)29;1-2-20(30)27-11-15(12-27)25-5-7-26(8-6-25)21-23-13-28(24-21)18-9-16(14-3-4-14)17(22)10-19(18)29;1-2-19(28)25-9-13(10-25)23-3-5-24(6-4-23)18-11-26(12-22-18)16-7-14(20)15(21)8-17(16)27;1-2-17(28)25-9-12(10-25)23-3-5-24(6-4-23)18-21-11-26(22-18)15-7-13(19)14(20)8-16(15)27/h2,9-10,13-16,29H,1,3-8,11-12H2;2,9-10,13-15,29H,1,3-8,11-12H2;2,7-8,11-13,27H,1,3-6,9-10H2;2,7-8,11-12,27H,1,3-6,9-10H2. The van der Waals surface area contributed by atoms with Gasteiger partial charge in [-0.25, -0.2) is 19.3 Å². The van der Waals surface area contributed by atoms with Crippen LogP contribution in [0.2, 0.25) is 30.1 Å². The van der Waals surface area contributed by atoms with E-state index >= 15 is 0 Å². The van der Waals surface area contributed by atoms with Crippen molar-refractivity contribution in [2.45, 2.75) is 61.7 Å². The van der Waals surface area contributed by atoms with Crippen LogP contribution in [0.15, 0.2) is 137 Å². The number of carbonyl (C=O) groups is 4. The number of piperazine rings is 4. The molecule has 2 aliphatic carbocycles. The van der Waals surface area contributed by atoms with Crippen LogP contribution in [0, 0.1) is 0 Å². The van der Waals surface area contributed by atoms with Crippen molar-refractivity contribution in [3.8, 4) is 45.7 Å². The zero-order valence-corrected chi connectivity index (χ0v) is 68.5. The molecule has 612 valence electrons. The lowest BCUT2D eigenvalue weighted by atomic mass is 10.1. The van der Waals surface area contributed by atoms with Crippen LogP contribution in [-0.2, 0) is 19.2 Å². The molecule has 4 aromatic carbocycles. The zero-order valence-electron chi connectivity index (χ0n) is 64.0. The van der Waals surface area contributed by atoms with E-state index in [1.165, 1.54) is 41.1 Å². The highest BCUT2D eigenvalue weighted by atomic mass is 35.5. The number of benzene rings is 4. The number of hydrogen-bond acceptors (Lipinski definition) is 22. The van der Waals surface area contributed by atoms with E-state index in [1.54, 1.807) is 63.7 Å². The lowest BCUT2D eigenvalue weighted by Gasteiger charge is -2.47. The van der Waals surface area contributed by atoms with Crippen molar-refractivity contribution in [3.05, 3.63) is 178 Å². The molecule has 12 heterocycles. The number of amides is 4. The fourth-order valence-electron chi connectivity index (χ4n) is 15.8. The molecule has 10 fully saturated rings. The quantitative estimate of drug-likeness (QED) is 0.0583. The number of hydrogen-bond donors (Lipinski definition) is 4. The second kappa shape index (κ2) is 35.3. The molecular weight excluding hydrogens is 1610 g/mol. The van der Waals surface area contributed by atoms with E-state index in [0.29, 0.717) is 90.1 Å². The van der Waals surface area contributed by atoms with Crippen LogP contribution >= 0.6 is 69.6 Å². The number of phenolic OH excluding ortho intramolecular Hbond substituents is 4. The Morgan fingerprint density at radius 3 is 0.922 bits per heavy atom. The molecule has 2 saturated carbocycles. The Balaban J connectivity index is 0.000000121. The van der Waals surface area contributed by atoms with E-state index in [2.05, 4.69) is 95.6 Å². The minimum absolute atomic E-state index is 0.00446. The molecule has 8 aliphatic heterocycles. The van der Waals surface area contributed by atoms with E-state index in [1.807, 2.05) is 43.8 Å². The van der Waals surface area contributed by atoms with Gasteiger partial charge in [0.25, 0.3) is 0 Å². The summed E-state index contributed by atoms with van der Waals surface area (Å²) in [5.74, 6) is 4.35. The van der Waals surface area contributed by atoms with Crippen LogP contribution in [0.5, 0.6) is 23.0 Å². The first-order valence-corrected chi connectivity index (χ1v) is 41.2. The Labute approximate surface area is 702 Å². The number of aromatic nitrogens is 10. The van der Waals surface area contributed by atoms with Crippen LogP contribution in [0.3, 0.4) is 0 Å². The van der Waals surface area contributed by atoms with Gasteiger partial charge in [-0.1, -0.05) is 95.9 Å². The van der Waals surface area contributed by atoms with E-state index in [9.17, 15) is 39.6 Å². The van der Waals surface area contributed by atoms with Crippen LogP contribution in [0.25, 0.3) is 22.7 Å². The summed E-state index contributed by atoms with van der Waals surface area (Å²) < 4.78 is 6.74. The molecule has 0 spiro atoms. The number of rotatable bonds is 18. The molecule has 4 aromatic heterocycles. The average molecular weight is 1700 g/mol. The molecule has 0 atom stereocenters. The Morgan fingerprint density at radius 2 is 0.603 bits per heavy atom. The molecule has 30 nitrogen and oxygen atoms in total. The molecule has 18 rings (SSSR count). The van der Waals surface area contributed by atoms with Crippen molar-refractivity contribution in [3.63, 3.8) is 0 Å². The number of phenols is 4. The Morgan fingerprint density at radius 1 is 0.336 bits per heavy atom. The molecular formula is C80H92Cl6N22O8. The highest BCUT2D eigenvalue weighted by molar-refractivity contribution is 6.42. The van der Waals surface area contributed by atoms with E-state index in [4.69, 9.17) is 69.6 Å². The first-order valence-electron chi connectivity index (χ1n) is 38.9. The smallest absolute Gasteiger partial charge is 0.246 e. The molecule has 0 bridgehead atoms. The van der Waals surface area contributed by atoms with Gasteiger partial charge in [-0.15, -0.1) is 10.2 Å². The third kappa shape index (κ3) is 18.1. The third-order valence-electron chi connectivity index (χ3n) is 23.3. The van der Waals surface area contributed by atoms with Gasteiger partial charge in [0.2, 0.25) is 35.5 Å². The fraction of sp³-hybridized carbons (Fsp3) is 0.425. The summed E-state index contributed by atoms with van der Waals surface area (Å²) in [5, 5.41) is 52.7. The van der Waals surface area contributed by atoms with Crippen LogP contribution in [-0.4, -0.2) is 313 Å². The SMILES string of the molecule is C=CC(=O)N1CC(N2CCN(c3cn(-c4cc(C5CC5)c(Cl)cc4O)cn3)CC2)C1.C=CC(=O)N1CC(N2CCN(c3cn(-c4cc(Cl)c(Cl)cc4O)cn3)CC2)C1.C=CC(=O)N1CC(N2CCN(c3ncn(-c4cc(C5CC5)c(Cl)cc4O)n3)CC2)C1.C=CC(=O)N1CC(N2CCN(c3ncn(-c4cc(Cl)c(Cl)cc4O)n3)CC2)C1. The first-order chi connectivity index (χ1) is 56.0. The lowest BCUT2D eigenvalue weighted by Crippen LogP contribution is -2.64. The minimum atomic E-state index is -0.0146. The number of imidazole rings is 2. The number of halogens is 6.